The summed E-state index contributed by atoms with van der Waals surface area (Å²) in [5.41, 5.74) is 2.25. The van der Waals surface area contributed by atoms with Crippen LogP contribution in [0.2, 0.25) is 0 Å². The van der Waals surface area contributed by atoms with Gasteiger partial charge in [-0.25, -0.2) is 0 Å². The zero-order chi connectivity index (χ0) is 8.97. The molecule has 1 aliphatic heterocycles. The van der Waals surface area contributed by atoms with Crippen molar-refractivity contribution < 1.29 is 4.74 Å². The summed E-state index contributed by atoms with van der Waals surface area (Å²) in [4.78, 5) is 0. The molecule has 0 aromatic carbocycles. The molecule has 1 heterocycles. The van der Waals surface area contributed by atoms with Gasteiger partial charge < -0.3 is 4.74 Å². The van der Waals surface area contributed by atoms with Crippen LogP contribution in [0.15, 0.2) is 36.1 Å². The third-order valence-corrected chi connectivity index (χ3v) is 2.39. The molecule has 0 N–H and O–H groups in total. The summed E-state index contributed by atoms with van der Waals surface area (Å²) in [6.45, 7) is 8.54. The number of hydrogen-bond acceptors (Lipinski definition) is 1. The molecular formula is C10H15OP. The average molecular weight is 182 g/mol. The van der Waals surface area contributed by atoms with E-state index >= 15 is 0 Å². The highest BCUT2D eigenvalue weighted by molar-refractivity contribution is 7.16. The molecule has 1 rings (SSSR count). The van der Waals surface area contributed by atoms with Gasteiger partial charge in [-0.2, -0.15) is 0 Å². The van der Waals surface area contributed by atoms with E-state index in [1.165, 1.54) is 0 Å². The van der Waals surface area contributed by atoms with Gasteiger partial charge in [0, 0.05) is 0 Å². The Kier molecular flexibility index (Phi) is 3.55. The molecule has 1 aliphatic rings. The van der Waals surface area contributed by atoms with Crippen molar-refractivity contribution in [1.82, 2.24) is 0 Å². The largest absolute Gasteiger partial charge is 0.493 e. The van der Waals surface area contributed by atoms with E-state index in [1.54, 1.807) is 0 Å². The Morgan fingerprint density at radius 1 is 1.67 bits per heavy atom. The molecule has 0 radical (unpaired) electrons. The fraction of sp³-hybridized carbons (Fsp3) is 0.400. The van der Waals surface area contributed by atoms with Crippen LogP contribution >= 0.6 is 9.24 Å². The predicted molar refractivity (Wildman–Crippen MR) is 56.1 cm³/mol. The van der Waals surface area contributed by atoms with Gasteiger partial charge in [0.05, 0.1) is 6.61 Å². The van der Waals surface area contributed by atoms with Crippen LogP contribution in [0.4, 0.5) is 0 Å². The van der Waals surface area contributed by atoms with Gasteiger partial charge >= 0.3 is 0 Å². The third kappa shape index (κ3) is 1.98. The smallest absolute Gasteiger partial charge is 0.125 e. The fourth-order valence-electron chi connectivity index (χ4n) is 1.26. The molecule has 12 heavy (non-hydrogen) atoms. The quantitative estimate of drug-likeness (QED) is 0.596. The van der Waals surface area contributed by atoms with Gasteiger partial charge in [0.2, 0.25) is 0 Å². The lowest BCUT2D eigenvalue weighted by atomic mass is 10.0. The first-order valence-electron chi connectivity index (χ1n) is 4.16. The van der Waals surface area contributed by atoms with Crippen LogP contribution in [0.1, 0.15) is 12.8 Å². The number of hydrogen-bond donors (Lipinski definition) is 0. The minimum Gasteiger partial charge on any atom is -0.493 e. The molecule has 1 atom stereocenters. The van der Waals surface area contributed by atoms with Crippen molar-refractivity contribution in [3.05, 3.63) is 36.1 Å². The first kappa shape index (κ1) is 9.54. The minimum absolute atomic E-state index is 0.816. The summed E-state index contributed by atoms with van der Waals surface area (Å²) in [5, 5.41) is 0. The van der Waals surface area contributed by atoms with Gasteiger partial charge in [-0.1, -0.05) is 19.2 Å². The van der Waals surface area contributed by atoms with Crippen molar-refractivity contribution in [3.8, 4) is 0 Å². The monoisotopic (exact) mass is 182 g/mol. The molecule has 0 aliphatic carbocycles. The second-order valence-electron chi connectivity index (χ2n) is 2.82. The molecule has 0 bridgehead atoms. The highest BCUT2D eigenvalue weighted by Crippen LogP contribution is 2.25. The molecular weight excluding hydrogens is 167 g/mol. The van der Waals surface area contributed by atoms with Crippen LogP contribution in [0.5, 0.6) is 0 Å². The SMILES string of the molecule is C=C/C(CP)=C1/OCCCC1=C. The Hall–Kier alpha value is -0.550. The van der Waals surface area contributed by atoms with Crippen molar-refractivity contribution in [2.75, 3.05) is 12.8 Å². The van der Waals surface area contributed by atoms with E-state index in [4.69, 9.17) is 4.74 Å². The highest BCUT2D eigenvalue weighted by atomic mass is 31.0. The van der Waals surface area contributed by atoms with Crippen LogP contribution in [-0.4, -0.2) is 12.8 Å². The molecule has 66 valence electrons. The molecule has 1 saturated heterocycles. The molecule has 1 fully saturated rings. The molecule has 1 nitrogen and oxygen atoms in total. The molecule has 0 saturated carbocycles. The Labute approximate surface area is 76.4 Å². The van der Waals surface area contributed by atoms with Gasteiger partial charge in [-0.05, 0) is 30.1 Å². The summed E-state index contributed by atoms with van der Waals surface area (Å²) in [6, 6.07) is 0. The number of ether oxygens (including phenoxy) is 1. The Morgan fingerprint density at radius 2 is 2.42 bits per heavy atom. The molecule has 2 heteroatoms. The summed E-state index contributed by atoms with van der Waals surface area (Å²) < 4.78 is 5.53. The van der Waals surface area contributed by atoms with Gasteiger partial charge in [-0.3, -0.25) is 0 Å². The van der Waals surface area contributed by atoms with E-state index in [0.29, 0.717) is 0 Å². The van der Waals surface area contributed by atoms with E-state index < -0.39 is 0 Å². The zero-order valence-corrected chi connectivity index (χ0v) is 8.46. The Morgan fingerprint density at radius 3 is 2.92 bits per heavy atom. The number of rotatable bonds is 2. The van der Waals surface area contributed by atoms with Gasteiger partial charge in [0.1, 0.15) is 5.76 Å². The summed E-state index contributed by atoms with van der Waals surface area (Å²) >= 11 is 0. The molecule has 0 aromatic rings. The average Bonchev–Trinajstić information content (AvgIpc) is 2.10. The van der Waals surface area contributed by atoms with Crippen LogP contribution in [0.25, 0.3) is 0 Å². The van der Waals surface area contributed by atoms with E-state index in [1.807, 2.05) is 6.08 Å². The first-order valence-corrected chi connectivity index (χ1v) is 4.98. The third-order valence-electron chi connectivity index (χ3n) is 1.95. The van der Waals surface area contributed by atoms with Gasteiger partial charge in [0.15, 0.2) is 0 Å². The van der Waals surface area contributed by atoms with Crippen molar-refractivity contribution in [3.63, 3.8) is 0 Å². The molecule has 0 amide bonds. The predicted octanol–water partition coefficient (Wildman–Crippen LogP) is 2.67. The Balaban J connectivity index is 2.87. The first-order chi connectivity index (χ1) is 5.79. The van der Waals surface area contributed by atoms with E-state index in [-0.39, 0.29) is 0 Å². The maximum Gasteiger partial charge on any atom is 0.125 e. The maximum absolute atomic E-state index is 5.53. The molecule has 1 unspecified atom stereocenters. The van der Waals surface area contributed by atoms with E-state index in [2.05, 4.69) is 22.4 Å². The van der Waals surface area contributed by atoms with Gasteiger partial charge in [-0.15, -0.1) is 9.24 Å². The maximum atomic E-state index is 5.53. The lowest BCUT2D eigenvalue weighted by molar-refractivity contribution is 0.192. The highest BCUT2D eigenvalue weighted by Gasteiger charge is 2.13. The fourth-order valence-corrected chi connectivity index (χ4v) is 1.62. The molecule has 0 spiro atoms. The lowest BCUT2D eigenvalue weighted by Gasteiger charge is -2.20. The van der Waals surface area contributed by atoms with Crippen molar-refractivity contribution in [2.45, 2.75) is 12.8 Å². The zero-order valence-electron chi connectivity index (χ0n) is 7.31. The number of allylic oxidation sites excluding steroid dienone is 3. The van der Waals surface area contributed by atoms with Crippen LogP contribution in [0, 0.1) is 0 Å². The lowest BCUT2D eigenvalue weighted by Crippen LogP contribution is -2.08. The molecule has 0 aromatic heterocycles. The van der Waals surface area contributed by atoms with Crippen LogP contribution in [0.3, 0.4) is 0 Å². The van der Waals surface area contributed by atoms with Crippen LogP contribution < -0.4 is 0 Å². The topological polar surface area (TPSA) is 9.23 Å². The van der Waals surface area contributed by atoms with Crippen molar-refractivity contribution >= 4 is 9.24 Å². The van der Waals surface area contributed by atoms with Crippen molar-refractivity contribution in [1.29, 1.82) is 0 Å². The normalized spacial score (nSPS) is 21.6. The second kappa shape index (κ2) is 4.47. The standard InChI is InChI=1S/C10H15OP/c1-3-9(7-12)10-8(2)5-4-6-11-10/h3H,1-2,4-7,12H2/b10-9-. The van der Waals surface area contributed by atoms with Crippen molar-refractivity contribution in [2.24, 2.45) is 0 Å². The Bertz CT molecular complexity index is 228. The van der Waals surface area contributed by atoms with E-state index in [0.717, 1.165) is 42.5 Å². The summed E-state index contributed by atoms with van der Waals surface area (Å²) in [7, 11) is 2.68. The summed E-state index contributed by atoms with van der Waals surface area (Å²) in [6.07, 6.45) is 4.87. The minimum atomic E-state index is 0.816. The van der Waals surface area contributed by atoms with Crippen LogP contribution in [-0.2, 0) is 4.74 Å². The van der Waals surface area contributed by atoms with Gasteiger partial charge in [0.25, 0.3) is 0 Å². The van der Waals surface area contributed by atoms with E-state index in [9.17, 15) is 0 Å². The summed E-state index contributed by atoms with van der Waals surface area (Å²) in [5.74, 6) is 0.964. The second-order valence-corrected chi connectivity index (χ2v) is 3.23.